The van der Waals surface area contributed by atoms with Crippen LogP contribution in [-0.4, -0.2) is 31.6 Å². The molecule has 7 nitrogen and oxygen atoms in total. The topological polar surface area (TPSA) is 114 Å². The lowest BCUT2D eigenvalue weighted by atomic mass is 10.0. The normalized spacial score (nSPS) is 11.5. The predicted molar refractivity (Wildman–Crippen MR) is 113 cm³/mol. The quantitative estimate of drug-likeness (QED) is 0.399. The van der Waals surface area contributed by atoms with Crippen LogP contribution in [0.1, 0.15) is 18.6 Å². The minimum Gasteiger partial charge on any atom is -0.460 e. The van der Waals surface area contributed by atoms with Gasteiger partial charge in [-0.2, -0.15) is 0 Å². The van der Waals surface area contributed by atoms with Crippen LogP contribution in [0, 0.1) is 5.82 Å². The van der Waals surface area contributed by atoms with Gasteiger partial charge < -0.3 is 4.42 Å². The Morgan fingerprint density at radius 2 is 1.81 bits per heavy atom. The number of rotatable bonds is 7. The first-order valence-corrected chi connectivity index (χ1v) is 11.2. The summed E-state index contributed by atoms with van der Waals surface area (Å²) in [6.45, 7) is 0. The van der Waals surface area contributed by atoms with E-state index in [1.54, 1.807) is 18.2 Å². The fourth-order valence-corrected chi connectivity index (χ4v) is 3.73. The summed E-state index contributed by atoms with van der Waals surface area (Å²) in [5, 5.41) is 14.8. The molecule has 2 aromatic carbocycles. The number of sulfonamides is 1. The van der Waals surface area contributed by atoms with E-state index in [-0.39, 0.29) is 16.3 Å². The maximum absolute atomic E-state index is 13.6. The number of aryl methyl sites for hydroxylation is 1. The molecule has 0 bridgehead atoms. The molecule has 0 aliphatic carbocycles. The van der Waals surface area contributed by atoms with Crippen molar-refractivity contribution in [2.24, 2.45) is 5.14 Å². The van der Waals surface area contributed by atoms with Gasteiger partial charge in [-0.3, -0.25) is 10.0 Å². The third kappa shape index (κ3) is 5.50. The number of halogens is 2. The van der Waals surface area contributed by atoms with E-state index in [1.165, 1.54) is 37.4 Å². The average Bonchev–Trinajstić information content (AvgIpc) is 3.13. The van der Waals surface area contributed by atoms with Crippen molar-refractivity contribution < 1.29 is 27.2 Å². The molecule has 0 fully saturated rings. The molecule has 164 valence electrons. The van der Waals surface area contributed by atoms with Gasteiger partial charge in [-0.05, 0) is 48.4 Å². The first kappa shape index (κ1) is 23.0. The Bertz CT molecular complexity index is 1210. The predicted octanol–water partition coefficient (Wildman–Crippen LogP) is 4.22. The summed E-state index contributed by atoms with van der Waals surface area (Å²) in [6.07, 6.45) is 0.977. The van der Waals surface area contributed by atoms with Gasteiger partial charge in [0.2, 0.25) is 15.9 Å². The van der Waals surface area contributed by atoms with E-state index >= 15 is 0 Å². The smallest absolute Gasteiger partial charge is 0.245 e. The van der Waals surface area contributed by atoms with Crippen LogP contribution in [0.5, 0.6) is 0 Å². The molecule has 0 unspecified atom stereocenters. The molecule has 31 heavy (non-hydrogen) atoms. The van der Waals surface area contributed by atoms with Crippen LogP contribution >= 0.6 is 11.6 Å². The molecule has 0 saturated carbocycles. The largest absolute Gasteiger partial charge is 0.460 e. The Kier molecular flexibility index (Phi) is 6.80. The molecule has 0 aliphatic rings. The molecule has 0 aliphatic heterocycles. The van der Waals surface area contributed by atoms with Crippen LogP contribution in [0.3, 0.4) is 0 Å². The number of carbonyl (C=O) groups is 1. The lowest BCUT2D eigenvalue weighted by Gasteiger charge is -2.06. The van der Waals surface area contributed by atoms with Gasteiger partial charge in [0, 0.05) is 31.0 Å². The van der Waals surface area contributed by atoms with Gasteiger partial charge in [0.1, 0.15) is 17.3 Å². The second-order valence-corrected chi connectivity index (χ2v) is 8.89. The fraction of sp³-hybridized carbons (Fsp3) is 0.190. The molecule has 0 spiro atoms. The van der Waals surface area contributed by atoms with Crippen molar-refractivity contribution in [1.29, 1.82) is 0 Å². The highest BCUT2D eigenvalue weighted by Crippen LogP contribution is 2.37. The number of furan rings is 1. The van der Waals surface area contributed by atoms with Gasteiger partial charge >= 0.3 is 0 Å². The summed E-state index contributed by atoms with van der Waals surface area (Å²) in [6, 6.07) is 11.9. The summed E-state index contributed by atoms with van der Waals surface area (Å²) >= 11 is 5.92. The van der Waals surface area contributed by atoms with Crippen molar-refractivity contribution >= 4 is 27.5 Å². The fourth-order valence-electron chi connectivity index (χ4n) is 3.03. The molecule has 0 atom stereocenters. The molecule has 1 amide bonds. The number of hydrogen-bond donors (Lipinski definition) is 2. The summed E-state index contributed by atoms with van der Waals surface area (Å²) in [7, 11) is -2.58. The first-order valence-electron chi connectivity index (χ1n) is 9.23. The van der Waals surface area contributed by atoms with Crippen molar-refractivity contribution in [1.82, 2.24) is 5.06 Å². The maximum atomic E-state index is 13.6. The van der Waals surface area contributed by atoms with E-state index in [0.29, 0.717) is 46.1 Å². The number of nitrogens with zero attached hydrogens (tertiary/aromatic N) is 1. The van der Waals surface area contributed by atoms with Gasteiger partial charge in [-0.15, -0.1) is 0 Å². The standard InChI is InChI=1S/C21H20ClFN2O5S/c1-25(27)20(26)4-2-3-15-12-17(13-5-8-16(9-6-13)31(24,28)29)21(30-15)14-7-10-19(23)18(22)11-14/h5-12,27H,2-4H2,1H3,(H2,24,28,29). The van der Waals surface area contributed by atoms with Crippen LogP contribution in [-0.2, 0) is 21.2 Å². The van der Waals surface area contributed by atoms with Gasteiger partial charge in [0.05, 0.1) is 9.92 Å². The highest BCUT2D eigenvalue weighted by molar-refractivity contribution is 7.89. The average molecular weight is 467 g/mol. The van der Waals surface area contributed by atoms with Gasteiger partial charge in [-0.25, -0.2) is 23.0 Å². The van der Waals surface area contributed by atoms with Crippen LogP contribution in [0.15, 0.2) is 57.8 Å². The zero-order valence-electron chi connectivity index (χ0n) is 16.5. The zero-order valence-corrected chi connectivity index (χ0v) is 18.1. The van der Waals surface area contributed by atoms with Crippen LogP contribution in [0.4, 0.5) is 4.39 Å². The van der Waals surface area contributed by atoms with Gasteiger partial charge in [0.25, 0.3) is 0 Å². The van der Waals surface area contributed by atoms with E-state index in [2.05, 4.69) is 0 Å². The Morgan fingerprint density at radius 3 is 2.39 bits per heavy atom. The van der Waals surface area contributed by atoms with E-state index in [0.717, 1.165) is 0 Å². The highest BCUT2D eigenvalue weighted by atomic mass is 35.5. The number of carbonyl (C=O) groups excluding carboxylic acids is 1. The number of hydroxylamine groups is 2. The first-order chi connectivity index (χ1) is 14.6. The summed E-state index contributed by atoms with van der Waals surface area (Å²) in [4.78, 5) is 11.5. The number of primary sulfonamides is 1. The van der Waals surface area contributed by atoms with Crippen molar-refractivity contribution in [3.63, 3.8) is 0 Å². The van der Waals surface area contributed by atoms with Crippen LogP contribution in [0.2, 0.25) is 5.02 Å². The number of amides is 1. The molecule has 10 heteroatoms. The lowest BCUT2D eigenvalue weighted by molar-refractivity contribution is -0.159. The maximum Gasteiger partial charge on any atom is 0.245 e. The minimum atomic E-state index is -3.84. The molecular weight excluding hydrogens is 447 g/mol. The lowest BCUT2D eigenvalue weighted by Crippen LogP contribution is -2.22. The van der Waals surface area contributed by atoms with E-state index in [1.807, 2.05) is 0 Å². The van der Waals surface area contributed by atoms with Crippen LogP contribution < -0.4 is 5.14 Å². The third-order valence-electron chi connectivity index (χ3n) is 4.63. The molecule has 3 rings (SSSR count). The molecule has 1 heterocycles. The minimum absolute atomic E-state index is 0.0296. The summed E-state index contributed by atoms with van der Waals surface area (Å²) in [5.74, 6) is -0.000916. The molecule has 0 radical (unpaired) electrons. The summed E-state index contributed by atoms with van der Waals surface area (Å²) in [5.41, 5.74) is 1.84. The molecule has 0 saturated heterocycles. The third-order valence-corrected chi connectivity index (χ3v) is 5.85. The van der Waals surface area contributed by atoms with Crippen molar-refractivity contribution in [2.45, 2.75) is 24.2 Å². The Hall–Kier alpha value is -2.72. The van der Waals surface area contributed by atoms with E-state index < -0.39 is 21.7 Å². The second kappa shape index (κ2) is 9.19. The molecule has 3 N–H and O–H groups in total. The SMILES string of the molecule is CN(O)C(=O)CCCc1cc(-c2ccc(S(N)(=O)=O)cc2)c(-c2ccc(F)c(Cl)c2)o1. The number of nitrogens with two attached hydrogens (primary N) is 1. The monoisotopic (exact) mass is 466 g/mol. The van der Waals surface area contributed by atoms with Crippen molar-refractivity contribution in [3.05, 3.63) is 65.1 Å². The van der Waals surface area contributed by atoms with Crippen LogP contribution in [0.25, 0.3) is 22.5 Å². The van der Waals surface area contributed by atoms with Crippen molar-refractivity contribution in [3.8, 4) is 22.5 Å². The second-order valence-electron chi connectivity index (χ2n) is 6.92. The number of benzene rings is 2. The Labute approximate surface area is 183 Å². The number of hydrogen-bond acceptors (Lipinski definition) is 5. The highest BCUT2D eigenvalue weighted by Gasteiger charge is 2.18. The zero-order chi connectivity index (χ0) is 22.8. The van der Waals surface area contributed by atoms with Gasteiger partial charge in [0.15, 0.2) is 0 Å². The Morgan fingerprint density at radius 1 is 1.16 bits per heavy atom. The summed E-state index contributed by atoms with van der Waals surface area (Å²) < 4.78 is 42.6. The molecule has 3 aromatic rings. The van der Waals surface area contributed by atoms with Gasteiger partial charge in [-0.1, -0.05) is 23.7 Å². The Balaban J connectivity index is 1.98. The van der Waals surface area contributed by atoms with Crippen molar-refractivity contribution in [2.75, 3.05) is 7.05 Å². The molecule has 1 aromatic heterocycles. The molecular formula is C21H20ClFN2O5S. The van der Waals surface area contributed by atoms with E-state index in [9.17, 15) is 17.6 Å². The van der Waals surface area contributed by atoms with E-state index in [4.69, 9.17) is 26.4 Å².